The molecule has 2 aromatic rings. The Labute approximate surface area is 153 Å². The first-order valence-corrected chi connectivity index (χ1v) is 7.90. The van der Waals surface area contributed by atoms with Gasteiger partial charge in [0, 0.05) is 11.8 Å². The van der Waals surface area contributed by atoms with E-state index in [1.54, 1.807) is 6.07 Å². The van der Waals surface area contributed by atoms with E-state index in [0.717, 1.165) is 12.1 Å². The lowest BCUT2D eigenvalue weighted by Crippen LogP contribution is -2.41. The van der Waals surface area contributed by atoms with Crippen LogP contribution < -0.4 is 10.6 Å². The lowest BCUT2D eigenvalue weighted by atomic mass is 9.90. The number of amides is 2. The van der Waals surface area contributed by atoms with Gasteiger partial charge in [-0.2, -0.15) is 0 Å². The summed E-state index contributed by atoms with van der Waals surface area (Å²) < 4.78 is 26.2. The van der Waals surface area contributed by atoms with Crippen LogP contribution >= 0.6 is 23.2 Å². The van der Waals surface area contributed by atoms with E-state index in [0.29, 0.717) is 0 Å². The van der Waals surface area contributed by atoms with Crippen molar-refractivity contribution in [1.29, 1.82) is 0 Å². The lowest BCUT2D eigenvalue weighted by molar-refractivity contribution is -0.135. The average molecular weight is 387 g/mol. The molecular formula is C17H14Cl2F2N2O2. The zero-order chi connectivity index (χ0) is 18.8. The molecule has 2 amide bonds. The fourth-order valence-corrected chi connectivity index (χ4v) is 2.34. The second-order valence-corrected chi connectivity index (χ2v) is 6.57. The van der Waals surface area contributed by atoms with Gasteiger partial charge in [-0.1, -0.05) is 29.3 Å². The first-order chi connectivity index (χ1) is 11.6. The van der Waals surface area contributed by atoms with Crippen LogP contribution in [0, 0.1) is 17.0 Å². The Morgan fingerprint density at radius 2 is 1.48 bits per heavy atom. The Bertz CT molecular complexity index is 821. The molecule has 0 aliphatic rings. The highest BCUT2D eigenvalue weighted by atomic mass is 35.5. The summed E-state index contributed by atoms with van der Waals surface area (Å²) in [6.45, 7) is 2.75. The number of nitrogens with one attached hydrogen (secondary N) is 2. The maximum atomic E-state index is 13.2. The standard InChI is InChI=1S/C17H14Cl2F2N2O2/c1-17(2,15(24)22-9-6-7-12(20)13(21)8-9)16(25)23-14-10(18)4-3-5-11(14)19/h3-8H,1-2H3,(H,22,24)(H,23,25). The van der Waals surface area contributed by atoms with Crippen LogP contribution in [0.25, 0.3) is 0 Å². The van der Waals surface area contributed by atoms with Crippen molar-refractivity contribution >= 4 is 46.4 Å². The summed E-state index contributed by atoms with van der Waals surface area (Å²) in [5, 5.41) is 5.32. The molecule has 0 atom stereocenters. The van der Waals surface area contributed by atoms with Crippen molar-refractivity contribution < 1.29 is 18.4 Å². The van der Waals surface area contributed by atoms with E-state index in [1.807, 2.05) is 0 Å². The Hall–Kier alpha value is -2.18. The van der Waals surface area contributed by atoms with Crippen LogP contribution in [-0.2, 0) is 9.59 Å². The summed E-state index contributed by atoms with van der Waals surface area (Å²) in [4.78, 5) is 24.8. The number of hydrogen-bond acceptors (Lipinski definition) is 2. The van der Waals surface area contributed by atoms with Crippen molar-refractivity contribution in [2.24, 2.45) is 5.41 Å². The van der Waals surface area contributed by atoms with Crippen molar-refractivity contribution in [3.05, 3.63) is 58.1 Å². The monoisotopic (exact) mass is 386 g/mol. The molecule has 8 heteroatoms. The van der Waals surface area contributed by atoms with E-state index in [1.165, 1.54) is 32.0 Å². The van der Waals surface area contributed by atoms with Crippen LogP contribution in [0.3, 0.4) is 0 Å². The van der Waals surface area contributed by atoms with Crippen LogP contribution in [-0.4, -0.2) is 11.8 Å². The zero-order valence-electron chi connectivity index (χ0n) is 13.3. The molecule has 25 heavy (non-hydrogen) atoms. The van der Waals surface area contributed by atoms with Gasteiger partial charge in [-0.25, -0.2) is 8.78 Å². The highest BCUT2D eigenvalue weighted by molar-refractivity contribution is 6.40. The number of benzene rings is 2. The maximum Gasteiger partial charge on any atom is 0.239 e. The molecule has 0 bridgehead atoms. The van der Waals surface area contributed by atoms with Crippen molar-refractivity contribution in [2.75, 3.05) is 10.6 Å². The van der Waals surface area contributed by atoms with Gasteiger partial charge in [0.05, 0.1) is 15.7 Å². The summed E-state index contributed by atoms with van der Waals surface area (Å²) >= 11 is 12.0. The minimum absolute atomic E-state index is 0.0283. The quantitative estimate of drug-likeness (QED) is 0.735. The highest BCUT2D eigenvalue weighted by Crippen LogP contribution is 2.31. The number of anilines is 2. The normalized spacial score (nSPS) is 11.1. The number of carbonyl (C=O) groups is 2. The third kappa shape index (κ3) is 4.27. The van der Waals surface area contributed by atoms with E-state index >= 15 is 0 Å². The molecule has 2 aromatic carbocycles. The number of hydrogen-bond donors (Lipinski definition) is 2. The van der Waals surface area contributed by atoms with Gasteiger partial charge < -0.3 is 10.6 Å². The Morgan fingerprint density at radius 3 is 2.04 bits per heavy atom. The largest absolute Gasteiger partial charge is 0.325 e. The molecule has 0 aliphatic carbocycles. The number of halogens is 4. The Balaban J connectivity index is 2.17. The molecule has 0 spiro atoms. The van der Waals surface area contributed by atoms with Crippen LogP contribution in [0.4, 0.5) is 20.2 Å². The van der Waals surface area contributed by atoms with E-state index in [-0.39, 0.29) is 21.4 Å². The van der Waals surface area contributed by atoms with Crippen LogP contribution in [0.1, 0.15) is 13.8 Å². The minimum Gasteiger partial charge on any atom is -0.325 e. The van der Waals surface area contributed by atoms with E-state index in [2.05, 4.69) is 10.6 Å². The molecule has 0 aliphatic heterocycles. The van der Waals surface area contributed by atoms with Crippen LogP contribution in [0.15, 0.2) is 36.4 Å². The van der Waals surface area contributed by atoms with Crippen molar-refractivity contribution in [1.82, 2.24) is 0 Å². The SMILES string of the molecule is CC(C)(C(=O)Nc1ccc(F)c(F)c1)C(=O)Nc1c(Cl)cccc1Cl. The summed E-state index contributed by atoms with van der Waals surface area (Å²) in [6.07, 6.45) is 0. The molecule has 132 valence electrons. The second-order valence-electron chi connectivity index (χ2n) is 5.76. The van der Waals surface area contributed by atoms with Crippen LogP contribution in [0.5, 0.6) is 0 Å². The lowest BCUT2D eigenvalue weighted by Gasteiger charge is -2.23. The van der Waals surface area contributed by atoms with E-state index < -0.39 is 28.9 Å². The van der Waals surface area contributed by atoms with Gasteiger partial charge in [-0.05, 0) is 38.1 Å². The van der Waals surface area contributed by atoms with Gasteiger partial charge in [0.25, 0.3) is 0 Å². The average Bonchev–Trinajstić information content (AvgIpc) is 2.54. The summed E-state index contributed by atoms with van der Waals surface area (Å²) in [6, 6.07) is 7.58. The molecule has 0 unspecified atom stereocenters. The molecule has 0 heterocycles. The molecule has 0 radical (unpaired) electrons. The predicted octanol–water partition coefficient (Wildman–Crippen LogP) is 4.88. The smallest absolute Gasteiger partial charge is 0.239 e. The van der Waals surface area contributed by atoms with Gasteiger partial charge in [-0.3, -0.25) is 9.59 Å². The number of para-hydroxylation sites is 1. The molecule has 2 rings (SSSR count). The highest BCUT2D eigenvalue weighted by Gasteiger charge is 2.36. The van der Waals surface area contributed by atoms with Gasteiger partial charge >= 0.3 is 0 Å². The topological polar surface area (TPSA) is 58.2 Å². The fraction of sp³-hybridized carbons (Fsp3) is 0.176. The molecule has 2 N–H and O–H groups in total. The maximum absolute atomic E-state index is 13.2. The molecule has 0 aromatic heterocycles. The van der Waals surface area contributed by atoms with Gasteiger partial charge in [0.15, 0.2) is 11.6 Å². The molecular weight excluding hydrogens is 373 g/mol. The molecule has 0 fully saturated rings. The zero-order valence-corrected chi connectivity index (χ0v) is 14.8. The third-order valence-electron chi connectivity index (χ3n) is 3.51. The number of carbonyl (C=O) groups excluding carboxylic acids is 2. The van der Waals surface area contributed by atoms with Gasteiger partial charge in [-0.15, -0.1) is 0 Å². The summed E-state index contributed by atoms with van der Waals surface area (Å²) in [7, 11) is 0. The minimum atomic E-state index is -1.53. The second kappa shape index (κ2) is 7.37. The first kappa shape index (κ1) is 19.1. The van der Waals surface area contributed by atoms with E-state index in [4.69, 9.17) is 23.2 Å². The summed E-state index contributed by atoms with van der Waals surface area (Å²) in [5.74, 6) is -3.52. The first-order valence-electron chi connectivity index (χ1n) is 7.15. The Morgan fingerprint density at radius 1 is 0.920 bits per heavy atom. The molecule has 0 saturated carbocycles. The molecule has 4 nitrogen and oxygen atoms in total. The predicted molar refractivity (Wildman–Crippen MR) is 93.9 cm³/mol. The van der Waals surface area contributed by atoms with Gasteiger partial charge in [0.2, 0.25) is 11.8 Å². The van der Waals surface area contributed by atoms with E-state index in [9.17, 15) is 18.4 Å². The van der Waals surface area contributed by atoms with Crippen molar-refractivity contribution in [3.8, 4) is 0 Å². The molecule has 0 saturated heterocycles. The van der Waals surface area contributed by atoms with Crippen molar-refractivity contribution in [2.45, 2.75) is 13.8 Å². The Kier molecular flexibility index (Phi) is 5.65. The van der Waals surface area contributed by atoms with Crippen molar-refractivity contribution in [3.63, 3.8) is 0 Å². The summed E-state index contributed by atoms with van der Waals surface area (Å²) in [5.41, 5.74) is -1.32. The number of rotatable bonds is 4. The third-order valence-corrected chi connectivity index (χ3v) is 4.14. The van der Waals surface area contributed by atoms with Crippen LogP contribution in [0.2, 0.25) is 10.0 Å². The van der Waals surface area contributed by atoms with Gasteiger partial charge in [0.1, 0.15) is 5.41 Å². The fourth-order valence-electron chi connectivity index (χ4n) is 1.85.